The highest BCUT2D eigenvalue weighted by atomic mass is 16.5. The Morgan fingerprint density at radius 2 is 1.70 bits per heavy atom. The molecule has 0 aliphatic rings. The van der Waals surface area contributed by atoms with E-state index in [0.717, 1.165) is 28.9 Å². The van der Waals surface area contributed by atoms with Crippen molar-refractivity contribution < 1.29 is 9.53 Å². The molecule has 0 aliphatic heterocycles. The van der Waals surface area contributed by atoms with Crippen LogP contribution in [0.2, 0.25) is 0 Å². The van der Waals surface area contributed by atoms with Crippen molar-refractivity contribution in [1.82, 2.24) is 5.32 Å². The number of carbonyl (C=O) groups excluding carboxylic acids is 1. The number of hydrogen-bond acceptors (Lipinski definition) is 2. The van der Waals surface area contributed by atoms with E-state index in [0.29, 0.717) is 5.92 Å². The van der Waals surface area contributed by atoms with Crippen molar-refractivity contribution in [3.8, 4) is 5.75 Å². The fraction of sp³-hybridized carbons (Fsp3) is 0.458. The summed E-state index contributed by atoms with van der Waals surface area (Å²) in [4.78, 5) is 12.8. The summed E-state index contributed by atoms with van der Waals surface area (Å²) in [6, 6.07) is 12.5. The molecular formula is C24H33NO2. The summed E-state index contributed by atoms with van der Waals surface area (Å²) < 4.78 is 6.06. The number of benzene rings is 2. The molecule has 3 heteroatoms. The molecule has 2 aromatic rings. The van der Waals surface area contributed by atoms with E-state index in [1.807, 2.05) is 19.9 Å². The molecule has 0 fully saturated rings. The molecule has 1 amide bonds. The minimum atomic E-state index is -0.551. The van der Waals surface area contributed by atoms with Crippen molar-refractivity contribution in [2.24, 2.45) is 0 Å². The van der Waals surface area contributed by atoms with Gasteiger partial charge in [0.25, 0.3) is 5.91 Å². The van der Waals surface area contributed by atoms with Crippen LogP contribution in [0, 0.1) is 20.8 Å². The van der Waals surface area contributed by atoms with Crippen LogP contribution in [-0.2, 0) is 4.79 Å². The lowest BCUT2D eigenvalue weighted by molar-refractivity contribution is -0.128. The number of carbonyl (C=O) groups is 1. The Balaban J connectivity index is 2.12. The van der Waals surface area contributed by atoms with Gasteiger partial charge in [0.2, 0.25) is 0 Å². The Labute approximate surface area is 164 Å². The van der Waals surface area contributed by atoms with Crippen molar-refractivity contribution in [1.29, 1.82) is 0 Å². The maximum atomic E-state index is 12.8. The van der Waals surface area contributed by atoms with Crippen LogP contribution >= 0.6 is 0 Å². The van der Waals surface area contributed by atoms with Crippen LogP contribution in [0.15, 0.2) is 36.4 Å². The minimum Gasteiger partial charge on any atom is -0.481 e. The maximum Gasteiger partial charge on any atom is 0.261 e. The van der Waals surface area contributed by atoms with E-state index in [9.17, 15) is 4.79 Å². The van der Waals surface area contributed by atoms with Crippen LogP contribution in [0.3, 0.4) is 0 Å². The fourth-order valence-electron chi connectivity index (χ4n) is 3.16. The zero-order valence-electron chi connectivity index (χ0n) is 17.7. The lowest BCUT2D eigenvalue weighted by Gasteiger charge is -2.23. The van der Waals surface area contributed by atoms with Crippen LogP contribution in [-0.4, -0.2) is 12.0 Å². The van der Waals surface area contributed by atoms with Gasteiger partial charge in [-0.25, -0.2) is 0 Å². The van der Waals surface area contributed by atoms with E-state index in [1.54, 1.807) is 0 Å². The van der Waals surface area contributed by atoms with E-state index < -0.39 is 6.10 Å². The van der Waals surface area contributed by atoms with Crippen molar-refractivity contribution in [2.75, 3.05) is 0 Å². The van der Waals surface area contributed by atoms with Crippen LogP contribution < -0.4 is 10.1 Å². The second kappa shape index (κ2) is 9.07. The molecule has 2 aromatic carbocycles. The van der Waals surface area contributed by atoms with Crippen molar-refractivity contribution >= 4 is 5.91 Å². The molecule has 0 heterocycles. The smallest absolute Gasteiger partial charge is 0.261 e. The molecule has 1 N–H and O–H groups in total. The number of aryl methyl sites for hydroxylation is 3. The Kier molecular flexibility index (Phi) is 7.06. The molecule has 0 aliphatic carbocycles. The Hall–Kier alpha value is -2.29. The van der Waals surface area contributed by atoms with Crippen molar-refractivity contribution in [3.05, 3.63) is 64.2 Å². The predicted molar refractivity (Wildman–Crippen MR) is 112 cm³/mol. The fourth-order valence-corrected chi connectivity index (χ4v) is 3.16. The highest BCUT2D eigenvalue weighted by Crippen LogP contribution is 2.28. The first-order chi connectivity index (χ1) is 12.7. The van der Waals surface area contributed by atoms with Crippen molar-refractivity contribution in [2.45, 2.75) is 73.0 Å². The molecule has 0 radical (unpaired) electrons. The predicted octanol–water partition coefficient (Wildman–Crippen LogP) is 5.77. The van der Waals surface area contributed by atoms with Gasteiger partial charge in [-0.1, -0.05) is 51.1 Å². The van der Waals surface area contributed by atoms with Gasteiger partial charge in [-0.05, 0) is 73.9 Å². The highest BCUT2D eigenvalue weighted by molar-refractivity contribution is 5.81. The molecule has 0 spiro atoms. The molecule has 2 atom stereocenters. The summed E-state index contributed by atoms with van der Waals surface area (Å²) in [5.41, 5.74) is 5.90. The first-order valence-electron chi connectivity index (χ1n) is 9.87. The normalized spacial score (nSPS) is 13.3. The average molecular weight is 368 g/mol. The van der Waals surface area contributed by atoms with Crippen LogP contribution in [0.1, 0.15) is 73.9 Å². The number of hydrogen-bond donors (Lipinski definition) is 1. The second-order valence-corrected chi connectivity index (χ2v) is 7.77. The van der Waals surface area contributed by atoms with E-state index in [4.69, 9.17) is 4.74 Å². The molecule has 3 nitrogen and oxygen atoms in total. The molecule has 2 rings (SSSR count). The third kappa shape index (κ3) is 5.35. The van der Waals surface area contributed by atoms with Gasteiger partial charge < -0.3 is 10.1 Å². The number of rotatable bonds is 7. The molecule has 0 bridgehead atoms. The lowest BCUT2D eigenvalue weighted by Crippen LogP contribution is -2.38. The van der Waals surface area contributed by atoms with E-state index >= 15 is 0 Å². The summed E-state index contributed by atoms with van der Waals surface area (Å²) in [5, 5.41) is 3.15. The van der Waals surface area contributed by atoms with Gasteiger partial charge >= 0.3 is 0 Å². The summed E-state index contributed by atoms with van der Waals surface area (Å²) >= 11 is 0. The molecule has 0 saturated carbocycles. The van der Waals surface area contributed by atoms with Crippen LogP contribution in [0.5, 0.6) is 5.75 Å². The molecule has 0 unspecified atom stereocenters. The lowest BCUT2D eigenvalue weighted by atomic mass is 9.99. The zero-order valence-corrected chi connectivity index (χ0v) is 17.7. The maximum absolute atomic E-state index is 12.8. The molecular weight excluding hydrogens is 334 g/mol. The summed E-state index contributed by atoms with van der Waals surface area (Å²) in [7, 11) is 0. The number of ether oxygens (including phenoxy) is 1. The van der Waals surface area contributed by atoms with Crippen molar-refractivity contribution in [3.63, 3.8) is 0 Å². The Morgan fingerprint density at radius 1 is 1.00 bits per heavy atom. The quantitative estimate of drug-likeness (QED) is 0.674. The van der Waals surface area contributed by atoms with Gasteiger partial charge in [-0.2, -0.15) is 0 Å². The minimum absolute atomic E-state index is 0.00933. The van der Waals surface area contributed by atoms with Gasteiger partial charge in [-0.3, -0.25) is 4.79 Å². The van der Waals surface area contributed by atoms with Gasteiger partial charge in [0.1, 0.15) is 5.75 Å². The third-order valence-electron chi connectivity index (χ3n) is 5.12. The zero-order chi connectivity index (χ0) is 20.1. The third-order valence-corrected chi connectivity index (χ3v) is 5.12. The van der Waals surface area contributed by atoms with Gasteiger partial charge in [-0.15, -0.1) is 0 Å². The molecule has 0 aromatic heterocycles. The SMILES string of the molecule is CC[C@@H](NC(=O)[C@H](C)Oc1cc(C)ccc1C(C)C)c1ccc(C)c(C)c1. The first kappa shape index (κ1) is 21.0. The van der Waals surface area contributed by atoms with Gasteiger partial charge in [0.15, 0.2) is 6.10 Å². The highest BCUT2D eigenvalue weighted by Gasteiger charge is 2.21. The molecule has 27 heavy (non-hydrogen) atoms. The first-order valence-corrected chi connectivity index (χ1v) is 9.87. The standard InChI is InChI=1S/C24H33NO2/c1-8-22(20-11-10-17(5)18(6)14-20)25-24(26)19(7)27-23-13-16(4)9-12-21(23)15(2)3/h9-15,19,22H,8H2,1-7H3,(H,25,26)/t19-,22+/m0/s1. The number of amides is 1. The summed E-state index contributed by atoms with van der Waals surface area (Å²) in [6.07, 6.45) is 0.285. The number of nitrogens with one attached hydrogen (secondary N) is 1. The largest absolute Gasteiger partial charge is 0.481 e. The van der Waals surface area contributed by atoms with E-state index in [2.05, 4.69) is 70.3 Å². The van der Waals surface area contributed by atoms with Gasteiger partial charge in [0, 0.05) is 0 Å². The monoisotopic (exact) mass is 367 g/mol. The summed E-state index contributed by atoms with van der Waals surface area (Å²) in [6.45, 7) is 14.4. The molecule has 0 saturated heterocycles. The second-order valence-electron chi connectivity index (χ2n) is 7.77. The average Bonchev–Trinajstić information content (AvgIpc) is 2.61. The van der Waals surface area contributed by atoms with Gasteiger partial charge in [0.05, 0.1) is 6.04 Å². The van der Waals surface area contributed by atoms with E-state index in [1.165, 1.54) is 11.1 Å². The Morgan fingerprint density at radius 3 is 2.30 bits per heavy atom. The van der Waals surface area contributed by atoms with E-state index in [-0.39, 0.29) is 11.9 Å². The Bertz CT molecular complexity index is 795. The molecule has 146 valence electrons. The van der Waals surface area contributed by atoms with Crippen LogP contribution in [0.4, 0.5) is 0 Å². The van der Waals surface area contributed by atoms with Crippen LogP contribution in [0.25, 0.3) is 0 Å². The summed E-state index contributed by atoms with van der Waals surface area (Å²) in [5.74, 6) is 1.05. The topological polar surface area (TPSA) is 38.3 Å².